The van der Waals surface area contributed by atoms with Gasteiger partial charge in [0.1, 0.15) is 0 Å². The second-order valence-corrected chi connectivity index (χ2v) is 3.96. The Hall–Kier alpha value is -1.42. The van der Waals surface area contributed by atoms with Crippen molar-refractivity contribution in [1.29, 1.82) is 0 Å². The minimum atomic E-state index is -0.0612. The van der Waals surface area contributed by atoms with E-state index >= 15 is 0 Å². The van der Waals surface area contributed by atoms with Crippen LogP contribution in [0.2, 0.25) is 0 Å². The molecular weight excluding hydrogens is 202 g/mol. The number of hydrogen-bond donors (Lipinski definition) is 2. The van der Waals surface area contributed by atoms with Crippen LogP contribution in [0.1, 0.15) is 32.0 Å². The van der Waals surface area contributed by atoms with E-state index in [1.807, 2.05) is 32.0 Å². The van der Waals surface area contributed by atoms with Crippen LogP contribution < -0.4 is 11.1 Å². The summed E-state index contributed by atoms with van der Waals surface area (Å²) in [7, 11) is 0. The standard InChI is InChI=1S/C12H19N3O/c1-9(6-7-13)12(16)15-10(2)11-5-3-4-8-14-11/h3-5,8-10H,6-7,13H2,1-2H3,(H,15,16)/t9?,10-/m0/s1. The van der Waals surface area contributed by atoms with E-state index in [9.17, 15) is 4.79 Å². The molecule has 88 valence electrons. The van der Waals surface area contributed by atoms with Gasteiger partial charge in [-0.25, -0.2) is 0 Å². The van der Waals surface area contributed by atoms with Crippen molar-refractivity contribution in [3.8, 4) is 0 Å². The van der Waals surface area contributed by atoms with Crippen LogP contribution in [-0.2, 0) is 4.79 Å². The van der Waals surface area contributed by atoms with E-state index in [-0.39, 0.29) is 17.9 Å². The summed E-state index contributed by atoms with van der Waals surface area (Å²) < 4.78 is 0. The number of aromatic nitrogens is 1. The van der Waals surface area contributed by atoms with Crippen molar-refractivity contribution in [3.63, 3.8) is 0 Å². The number of rotatable bonds is 5. The zero-order valence-corrected chi connectivity index (χ0v) is 9.81. The largest absolute Gasteiger partial charge is 0.348 e. The van der Waals surface area contributed by atoms with E-state index in [0.29, 0.717) is 13.0 Å². The van der Waals surface area contributed by atoms with Gasteiger partial charge in [-0.05, 0) is 32.0 Å². The monoisotopic (exact) mass is 221 g/mol. The Morgan fingerprint density at radius 2 is 2.25 bits per heavy atom. The summed E-state index contributed by atoms with van der Waals surface area (Å²) in [5.41, 5.74) is 6.29. The Labute approximate surface area is 96.3 Å². The van der Waals surface area contributed by atoms with Crippen molar-refractivity contribution in [2.24, 2.45) is 11.7 Å². The maximum absolute atomic E-state index is 11.7. The second-order valence-electron chi connectivity index (χ2n) is 3.96. The van der Waals surface area contributed by atoms with Crippen LogP contribution in [-0.4, -0.2) is 17.4 Å². The van der Waals surface area contributed by atoms with Gasteiger partial charge in [0.25, 0.3) is 0 Å². The molecule has 0 aromatic carbocycles. The highest BCUT2D eigenvalue weighted by Gasteiger charge is 2.15. The molecule has 0 spiro atoms. The summed E-state index contributed by atoms with van der Waals surface area (Å²) in [5.74, 6) is -0.0141. The average Bonchev–Trinajstić information content (AvgIpc) is 2.30. The van der Waals surface area contributed by atoms with Crippen LogP contribution in [0.15, 0.2) is 24.4 Å². The molecule has 4 nitrogen and oxygen atoms in total. The zero-order valence-electron chi connectivity index (χ0n) is 9.81. The van der Waals surface area contributed by atoms with Gasteiger partial charge in [-0.1, -0.05) is 13.0 Å². The summed E-state index contributed by atoms with van der Waals surface area (Å²) in [6, 6.07) is 5.61. The van der Waals surface area contributed by atoms with Crippen molar-refractivity contribution < 1.29 is 4.79 Å². The molecule has 1 amide bonds. The number of hydrogen-bond acceptors (Lipinski definition) is 3. The number of nitrogens with zero attached hydrogens (tertiary/aromatic N) is 1. The molecule has 0 radical (unpaired) electrons. The Kier molecular flexibility index (Phi) is 4.92. The van der Waals surface area contributed by atoms with E-state index in [0.717, 1.165) is 5.69 Å². The Morgan fingerprint density at radius 1 is 1.50 bits per heavy atom. The highest BCUT2D eigenvalue weighted by Crippen LogP contribution is 2.10. The van der Waals surface area contributed by atoms with Crippen LogP contribution in [0.3, 0.4) is 0 Å². The minimum absolute atomic E-state index is 0.0311. The number of nitrogens with one attached hydrogen (secondary N) is 1. The van der Waals surface area contributed by atoms with Gasteiger partial charge >= 0.3 is 0 Å². The number of nitrogens with two attached hydrogens (primary N) is 1. The summed E-state index contributed by atoms with van der Waals surface area (Å²) in [6.45, 7) is 4.34. The molecule has 0 saturated heterocycles. The summed E-state index contributed by atoms with van der Waals surface area (Å²) in [4.78, 5) is 15.9. The Morgan fingerprint density at radius 3 is 2.81 bits per heavy atom. The summed E-state index contributed by atoms with van der Waals surface area (Å²) >= 11 is 0. The smallest absolute Gasteiger partial charge is 0.223 e. The van der Waals surface area contributed by atoms with Crippen LogP contribution >= 0.6 is 0 Å². The third kappa shape index (κ3) is 3.62. The lowest BCUT2D eigenvalue weighted by Gasteiger charge is -2.16. The average molecular weight is 221 g/mol. The van der Waals surface area contributed by atoms with E-state index in [2.05, 4.69) is 10.3 Å². The lowest BCUT2D eigenvalue weighted by molar-refractivity contribution is -0.125. The summed E-state index contributed by atoms with van der Waals surface area (Å²) in [6.07, 6.45) is 2.43. The first-order valence-corrected chi connectivity index (χ1v) is 5.56. The first-order valence-electron chi connectivity index (χ1n) is 5.56. The lowest BCUT2D eigenvalue weighted by Crippen LogP contribution is -2.32. The predicted octanol–water partition coefficient (Wildman–Crippen LogP) is 1.24. The number of carbonyl (C=O) groups is 1. The third-order valence-corrected chi connectivity index (χ3v) is 2.54. The summed E-state index contributed by atoms with van der Waals surface area (Å²) in [5, 5.41) is 2.92. The zero-order chi connectivity index (χ0) is 12.0. The molecular formula is C12H19N3O. The topological polar surface area (TPSA) is 68.0 Å². The van der Waals surface area contributed by atoms with Crippen LogP contribution in [0.5, 0.6) is 0 Å². The van der Waals surface area contributed by atoms with Gasteiger partial charge in [0.2, 0.25) is 5.91 Å². The van der Waals surface area contributed by atoms with Gasteiger partial charge in [0.15, 0.2) is 0 Å². The lowest BCUT2D eigenvalue weighted by atomic mass is 10.1. The number of pyridine rings is 1. The van der Waals surface area contributed by atoms with Gasteiger partial charge in [0, 0.05) is 12.1 Å². The van der Waals surface area contributed by atoms with E-state index in [1.165, 1.54) is 0 Å². The molecule has 1 aromatic rings. The molecule has 0 aliphatic heterocycles. The maximum Gasteiger partial charge on any atom is 0.223 e. The fourth-order valence-electron chi connectivity index (χ4n) is 1.44. The Balaban J connectivity index is 2.51. The van der Waals surface area contributed by atoms with Gasteiger partial charge in [-0.15, -0.1) is 0 Å². The molecule has 0 fully saturated rings. The van der Waals surface area contributed by atoms with Gasteiger partial charge < -0.3 is 11.1 Å². The first-order chi connectivity index (χ1) is 7.65. The number of amides is 1. The third-order valence-electron chi connectivity index (χ3n) is 2.54. The van der Waals surface area contributed by atoms with Gasteiger partial charge in [-0.2, -0.15) is 0 Å². The van der Waals surface area contributed by atoms with Crippen molar-refractivity contribution in [3.05, 3.63) is 30.1 Å². The SMILES string of the molecule is CC(CCN)C(=O)N[C@@H](C)c1ccccn1. The maximum atomic E-state index is 11.7. The quantitative estimate of drug-likeness (QED) is 0.786. The molecule has 0 aliphatic carbocycles. The molecule has 1 rings (SSSR count). The molecule has 0 saturated carbocycles. The van der Waals surface area contributed by atoms with Crippen molar-refractivity contribution in [1.82, 2.24) is 10.3 Å². The molecule has 1 heterocycles. The fourth-order valence-corrected chi connectivity index (χ4v) is 1.44. The fraction of sp³-hybridized carbons (Fsp3) is 0.500. The Bertz CT molecular complexity index is 326. The number of carbonyl (C=O) groups excluding carboxylic acids is 1. The van der Waals surface area contributed by atoms with Crippen LogP contribution in [0.4, 0.5) is 0 Å². The van der Waals surface area contributed by atoms with E-state index < -0.39 is 0 Å². The molecule has 16 heavy (non-hydrogen) atoms. The molecule has 1 aromatic heterocycles. The minimum Gasteiger partial charge on any atom is -0.348 e. The molecule has 2 atom stereocenters. The first kappa shape index (κ1) is 12.6. The molecule has 3 N–H and O–H groups in total. The van der Waals surface area contributed by atoms with Crippen LogP contribution in [0.25, 0.3) is 0 Å². The van der Waals surface area contributed by atoms with Crippen molar-refractivity contribution in [2.45, 2.75) is 26.3 Å². The second kappa shape index (κ2) is 6.23. The highest BCUT2D eigenvalue weighted by atomic mass is 16.1. The van der Waals surface area contributed by atoms with E-state index in [1.54, 1.807) is 6.20 Å². The van der Waals surface area contributed by atoms with Crippen molar-refractivity contribution >= 4 is 5.91 Å². The van der Waals surface area contributed by atoms with Crippen LogP contribution in [0, 0.1) is 5.92 Å². The molecule has 0 bridgehead atoms. The van der Waals surface area contributed by atoms with Crippen molar-refractivity contribution in [2.75, 3.05) is 6.54 Å². The molecule has 0 aliphatic rings. The van der Waals surface area contributed by atoms with E-state index in [4.69, 9.17) is 5.73 Å². The molecule has 1 unspecified atom stereocenters. The highest BCUT2D eigenvalue weighted by molar-refractivity contribution is 5.78. The molecule has 4 heteroatoms. The van der Waals surface area contributed by atoms with Gasteiger partial charge in [-0.3, -0.25) is 9.78 Å². The predicted molar refractivity (Wildman–Crippen MR) is 63.6 cm³/mol. The normalized spacial score (nSPS) is 14.2. The van der Waals surface area contributed by atoms with Gasteiger partial charge in [0.05, 0.1) is 11.7 Å².